The Bertz CT molecular complexity index is 770. The lowest BCUT2D eigenvalue weighted by molar-refractivity contribution is 0.0617. The van der Waals surface area contributed by atoms with Gasteiger partial charge in [0.1, 0.15) is 11.9 Å². The monoisotopic (exact) mass is 380 g/mol. The smallest absolute Gasteiger partial charge is 0.258 e. The molecule has 1 unspecified atom stereocenters. The molecule has 4 nitrogen and oxygen atoms in total. The van der Waals surface area contributed by atoms with Crippen molar-refractivity contribution in [2.75, 3.05) is 11.9 Å². The lowest BCUT2D eigenvalue weighted by Crippen LogP contribution is -2.46. The first-order valence-corrected chi connectivity index (χ1v) is 10.5. The predicted molar refractivity (Wildman–Crippen MR) is 115 cm³/mol. The number of amides is 1. The Hall–Kier alpha value is -2.49. The van der Waals surface area contributed by atoms with Crippen molar-refractivity contribution in [3.8, 4) is 5.75 Å². The first kappa shape index (κ1) is 20.2. The molecular formula is C24H32N2O2. The van der Waals surface area contributed by atoms with Crippen LogP contribution in [0.1, 0.15) is 75.0 Å². The fourth-order valence-corrected chi connectivity index (χ4v) is 3.69. The number of carbonyl (C=O) groups is 1. The number of carbonyl (C=O) groups excluding carboxylic acids is 1. The van der Waals surface area contributed by atoms with E-state index in [1.54, 1.807) is 0 Å². The molecule has 0 radical (unpaired) electrons. The third kappa shape index (κ3) is 4.67. The average Bonchev–Trinajstić information content (AvgIpc) is 2.70. The Morgan fingerprint density at radius 3 is 2.43 bits per heavy atom. The molecule has 0 fully saturated rings. The average molecular weight is 381 g/mol. The van der Waals surface area contributed by atoms with Crippen molar-refractivity contribution in [1.29, 1.82) is 0 Å². The van der Waals surface area contributed by atoms with E-state index in [9.17, 15) is 4.79 Å². The van der Waals surface area contributed by atoms with Gasteiger partial charge >= 0.3 is 0 Å². The number of para-hydroxylation sites is 1. The summed E-state index contributed by atoms with van der Waals surface area (Å²) in [6.45, 7) is 7.09. The SMILES string of the molecule is CCCCCCCOc1ccc(C2Nc3ccccc3C(=O)N2C(C)C)cc1. The normalized spacial score (nSPS) is 16.1. The van der Waals surface area contributed by atoms with Crippen LogP contribution in [0.4, 0.5) is 5.69 Å². The van der Waals surface area contributed by atoms with Gasteiger partial charge in [-0.05, 0) is 50.1 Å². The summed E-state index contributed by atoms with van der Waals surface area (Å²) < 4.78 is 5.88. The molecule has 1 aliphatic rings. The van der Waals surface area contributed by atoms with Gasteiger partial charge in [0.15, 0.2) is 0 Å². The van der Waals surface area contributed by atoms with Gasteiger partial charge in [-0.2, -0.15) is 0 Å². The number of rotatable bonds is 9. The number of hydrogen-bond acceptors (Lipinski definition) is 3. The van der Waals surface area contributed by atoms with E-state index in [2.05, 4.69) is 38.2 Å². The van der Waals surface area contributed by atoms with Crippen LogP contribution >= 0.6 is 0 Å². The second kappa shape index (κ2) is 9.63. The highest BCUT2D eigenvalue weighted by molar-refractivity contribution is 6.01. The molecule has 28 heavy (non-hydrogen) atoms. The van der Waals surface area contributed by atoms with Crippen molar-refractivity contribution in [2.24, 2.45) is 0 Å². The van der Waals surface area contributed by atoms with Crippen molar-refractivity contribution in [3.63, 3.8) is 0 Å². The highest BCUT2D eigenvalue weighted by Crippen LogP contribution is 2.34. The molecule has 0 spiro atoms. The number of ether oxygens (including phenoxy) is 1. The van der Waals surface area contributed by atoms with Crippen LogP contribution in [0.2, 0.25) is 0 Å². The van der Waals surface area contributed by atoms with Gasteiger partial charge in [-0.3, -0.25) is 4.79 Å². The molecule has 1 amide bonds. The highest BCUT2D eigenvalue weighted by atomic mass is 16.5. The number of hydrogen-bond donors (Lipinski definition) is 1. The van der Waals surface area contributed by atoms with Gasteiger partial charge in [-0.25, -0.2) is 0 Å². The Kier molecular flexibility index (Phi) is 6.96. The second-order valence-electron chi connectivity index (χ2n) is 7.73. The summed E-state index contributed by atoms with van der Waals surface area (Å²) in [7, 11) is 0. The summed E-state index contributed by atoms with van der Waals surface area (Å²) in [5.74, 6) is 0.958. The lowest BCUT2D eigenvalue weighted by Gasteiger charge is -2.40. The van der Waals surface area contributed by atoms with E-state index in [4.69, 9.17) is 4.74 Å². The summed E-state index contributed by atoms with van der Waals surface area (Å²) in [4.78, 5) is 14.9. The molecule has 2 aromatic rings. The van der Waals surface area contributed by atoms with Crippen molar-refractivity contribution < 1.29 is 9.53 Å². The van der Waals surface area contributed by atoms with E-state index in [-0.39, 0.29) is 18.1 Å². The lowest BCUT2D eigenvalue weighted by atomic mass is 10.0. The van der Waals surface area contributed by atoms with Crippen molar-refractivity contribution >= 4 is 11.6 Å². The van der Waals surface area contributed by atoms with E-state index in [1.807, 2.05) is 41.3 Å². The molecule has 0 bridgehead atoms. The van der Waals surface area contributed by atoms with Crippen LogP contribution in [-0.2, 0) is 0 Å². The minimum Gasteiger partial charge on any atom is -0.494 e. The van der Waals surface area contributed by atoms with E-state index in [0.717, 1.165) is 35.6 Å². The minimum absolute atomic E-state index is 0.0711. The summed E-state index contributed by atoms with van der Waals surface area (Å²) >= 11 is 0. The molecule has 150 valence electrons. The third-order valence-corrected chi connectivity index (χ3v) is 5.23. The zero-order valence-corrected chi connectivity index (χ0v) is 17.3. The summed E-state index contributed by atoms with van der Waals surface area (Å²) in [6.07, 6.45) is 5.99. The van der Waals surface area contributed by atoms with E-state index < -0.39 is 0 Å². The minimum atomic E-state index is -0.175. The third-order valence-electron chi connectivity index (χ3n) is 5.23. The first-order chi connectivity index (χ1) is 13.6. The molecule has 1 N–H and O–H groups in total. The van der Waals surface area contributed by atoms with Crippen LogP contribution in [0.25, 0.3) is 0 Å². The van der Waals surface area contributed by atoms with Crippen LogP contribution in [0.3, 0.4) is 0 Å². The summed E-state index contributed by atoms with van der Waals surface area (Å²) in [5.41, 5.74) is 2.68. The van der Waals surface area contributed by atoms with Gasteiger partial charge in [-0.1, -0.05) is 56.9 Å². The fourth-order valence-electron chi connectivity index (χ4n) is 3.69. The summed E-state index contributed by atoms with van der Waals surface area (Å²) in [5, 5.41) is 3.53. The Morgan fingerprint density at radius 2 is 1.71 bits per heavy atom. The van der Waals surface area contributed by atoms with E-state index in [0.29, 0.717) is 0 Å². The van der Waals surface area contributed by atoms with Crippen LogP contribution in [0.5, 0.6) is 5.75 Å². The Balaban J connectivity index is 1.67. The molecule has 0 saturated carbocycles. The molecule has 0 aromatic heterocycles. The maximum atomic E-state index is 13.0. The molecule has 1 atom stereocenters. The molecule has 2 aromatic carbocycles. The number of nitrogens with zero attached hydrogens (tertiary/aromatic N) is 1. The highest BCUT2D eigenvalue weighted by Gasteiger charge is 2.34. The van der Waals surface area contributed by atoms with Crippen molar-refractivity contribution in [3.05, 3.63) is 59.7 Å². The van der Waals surface area contributed by atoms with Crippen LogP contribution in [0, 0.1) is 0 Å². The number of fused-ring (bicyclic) bond motifs is 1. The maximum Gasteiger partial charge on any atom is 0.258 e. The maximum absolute atomic E-state index is 13.0. The van der Waals surface area contributed by atoms with Crippen molar-refractivity contribution in [1.82, 2.24) is 4.90 Å². The molecule has 0 aliphatic carbocycles. The van der Waals surface area contributed by atoms with Gasteiger partial charge in [0.05, 0.1) is 12.2 Å². The first-order valence-electron chi connectivity index (χ1n) is 10.5. The fraction of sp³-hybridized carbons (Fsp3) is 0.458. The van der Waals surface area contributed by atoms with Crippen LogP contribution in [-0.4, -0.2) is 23.5 Å². The molecule has 1 aliphatic heterocycles. The van der Waals surface area contributed by atoms with Gasteiger partial charge in [0.25, 0.3) is 5.91 Å². The molecule has 1 heterocycles. The number of benzene rings is 2. The molecule has 3 rings (SSSR count). The van der Waals surface area contributed by atoms with Crippen molar-refractivity contribution in [2.45, 2.75) is 65.1 Å². The standard InChI is InChI=1S/C24H32N2O2/c1-4-5-6-7-10-17-28-20-15-13-19(14-16-20)23-25-22-12-9-8-11-21(22)24(27)26(23)18(2)3/h8-9,11-16,18,23,25H,4-7,10,17H2,1-3H3. The number of anilines is 1. The number of unbranched alkanes of at least 4 members (excludes halogenated alkanes) is 4. The van der Waals surface area contributed by atoms with Gasteiger partial charge in [0.2, 0.25) is 0 Å². The zero-order chi connectivity index (χ0) is 19.9. The predicted octanol–water partition coefficient (Wildman–Crippen LogP) is 6.01. The zero-order valence-electron chi connectivity index (χ0n) is 17.3. The van der Waals surface area contributed by atoms with Gasteiger partial charge in [-0.15, -0.1) is 0 Å². The Morgan fingerprint density at radius 1 is 1.00 bits per heavy atom. The number of nitrogens with one attached hydrogen (secondary N) is 1. The molecule has 4 heteroatoms. The second-order valence-corrected chi connectivity index (χ2v) is 7.73. The Labute approximate surface area is 168 Å². The summed E-state index contributed by atoms with van der Waals surface area (Å²) in [6, 6.07) is 15.9. The van der Waals surface area contributed by atoms with Crippen LogP contribution < -0.4 is 10.1 Å². The largest absolute Gasteiger partial charge is 0.494 e. The quantitative estimate of drug-likeness (QED) is 0.542. The van der Waals surface area contributed by atoms with Crippen LogP contribution in [0.15, 0.2) is 48.5 Å². The van der Waals surface area contributed by atoms with E-state index in [1.165, 1.54) is 25.7 Å². The molecule has 0 saturated heterocycles. The molecular weight excluding hydrogens is 348 g/mol. The van der Waals surface area contributed by atoms with Gasteiger partial charge in [0, 0.05) is 11.7 Å². The van der Waals surface area contributed by atoms with E-state index >= 15 is 0 Å². The van der Waals surface area contributed by atoms with Gasteiger partial charge < -0.3 is 15.0 Å². The topological polar surface area (TPSA) is 41.6 Å².